The third-order valence-electron chi connectivity index (χ3n) is 2.92. The van der Waals surface area contributed by atoms with E-state index in [1.165, 1.54) is 0 Å². The first-order valence-corrected chi connectivity index (χ1v) is 5.63. The van der Waals surface area contributed by atoms with Crippen molar-refractivity contribution in [3.05, 3.63) is 34.9 Å². The Kier molecular flexibility index (Phi) is 2.86. The van der Waals surface area contributed by atoms with Crippen molar-refractivity contribution in [2.45, 2.75) is 39.7 Å². The maximum Gasteiger partial charge on any atom is 0.157 e. The molecule has 0 fully saturated rings. The minimum absolute atomic E-state index is 0.189. The third kappa shape index (κ3) is 2.18. The normalized spacial score (nSPS) is 17.4. The molecule has 0 bridgehead atoms. The molecule has 1 aliphatic rings. The molecule has 16 heavy (non-hydrogen) atoms. The molecule has 0 aromatic carbocycles. The fourth-order valence-corrected chi connectivity index (χ4v) is 2.15. The number of allylic oxidation sites excluding steroid dienone is 2. The van der Waals surface area contributed by atoms with E-state index in [0.29, 0.717) is 6.42 Å². The van der Waals surface area contributed by atoms with Gasteiger partial charge in [-0.15, -0.1) is 0 Å². The van der Waals surface area contributed by atoms with Crippen LogP contribution in [0.1, 0.15) is 42.9 Å². The van der Waals surface area contributed by atoms with Crippen LogP contribution in [-0.4, -0.2) is 5.78 Å². The Labute approximate surface area is 95.5 Å². The summed E-state index contributed by atoms with van der Waals surface area (Å²) in [6, 6.07) is 2.24. The summed E-state index contributed by atoms with van der Waals surface area (Å²) in [4.78, 5) is 11.1. The Morgan fingerprint density at radius 2 is 2.12 bits per heavy atom. The number of hydrogen-bond donors (Lipinski definition) is 1. The molecule has 1 aromatic heterocycles. The van der Waals surface area contributed by atoms with Gasteiger partial charge in [0, 0.05) is 23.8 Å². The molecule has 0 spiro atoms. The number of ketones is 1. The first kappa shape index (κ1) is 11.0. The summed E-state index contributed by atoms with van der Waals surface area (Å²) >= 11 is 0. The Bertz CT molecular complexity index is 443. The van der Waals surface area contributed by atoms with Crippen molar-refractivity contribution in [3.8, 4) is 0 Å². The highest BCUT2D eigenvalue weighted by Gasteiger charge is 2.17. The van der Waals surface area contributed by atoms with E-state index in [1.54, 1.807) is 6.08 Å². The lowest BCUT2D eigenvalue weighted by Gasteiger charge is -2.14. The zero-order chi connectivity index (χ0) is 11.7. The number of furan rings is 1. The molecule has 1 atom stereocenters. The van der Waals surface area contributed by atoms with Crippen LogP contribution in [0.3, 0.4) is 0 Å². The van der Waals surface area contributed by atoms with Gasteiger partial charge in [0.15, 0.2) is 5.78 Å². The lowest BCUT2D eigenvalue weighted by molar-refractivity contribution is -0.114. The van der Waals surface area contributed by atoms with Crippen molar-refractivity contribution in [2.24, 2.45) is 0 Å². The Morgan fingerprint density at radius 1 is 1.38 bits per heavy atom. The average molecular weight is 219 g/mol. The number of aryl methyl sites for hydroxylation is 2. The van der Waals surface area contributed by atoms with Gasteiger partial charge in [-0.2, -0.15) is 0 Å². The Hall–Kier alpha value is -1.51. The molecule has 1 unspecified atom stereocenters. The van der Waals surface area contributed by atoms with Crippen molar-refractivity contribution in [1.82, 2.24) is 5.32 Å². The van der Waals surface area contributed by atoms with Gasteiger partial charge in [0.05, 0.1) is 6.04 Å². The van der Waals surface area contributed by atoms with Gasteiger partial charge in [-0.25, -0.2) is 0 Å². The van der Waals surface area contributed by atoms with E-state index in [-0.39, 0.29) is 11.8 Å². The average Bonchev–Trinajstić information content (AvgIpc) is 2.73. The minimum Gasteiger partial charge on any atom is -0.466 e. The Morgan fingerprint density at radius 3 is 2.62 bits per heavy atom. The van der Waals surface area contributed by atoms with E-state index in [9.17, 15) is 4.79 Å². The molecular formula is C13H17NO2. The van der Waals surface area contributed by atoms with Gasteiger partial charge in [0.2, 0.25) is 0 Å². The summed E-state index contributed by atoms with van der Waals surface area (Å²) in [5, 5.41) is 3.36. The van der Waals surface area contributed by atoms with Gasteiger partial charge in [-0.1, -0.05) is 0 Å². The van der Waals surface area contributed by atoms with E-state index in [4.69, 9.17) is 4.42 Å². The van der Waals surface area contributed by atoms with Gasteiger partial charge >= 0.3 is 0 Å². The number of carbonyl (C=O) groups excluding carboxylic acids is 1. The Balaban J connectivity index is 2.08. The lowest BCUT2D eigenvalue weighted by Crippen LogP contribution is -2.17. The summed E-state index contributed by atoms with van der Waals surface area (Å²) in [5.41, 5.74) is 2.20. The molecule has 1 aliphatic carbocycles. The monoisotopic (exact) mass is 219 g/mol. The van der Waals surface area contributed by atoms with Crippen molar-refractivity contribution in [1.29, 1.82) is 0 Å². The predicted molar refractivity (Wildman–Crippen MR) is 62.1 cm³/mol. The quantitative estimate of drug-likeness (QED) is 0.850. The molecule has 3 nitrogen and oxygen atoms in total. The van der Waals surface area contributed by atoms with Crippen LogP contribution in [0.25, 0.3) is 0 Å². The molecule has 1 heterocycles. The highest BCUT2D eigenvalue weighted by Crippen LogP contribution is 2.23. The van der Waals surface area contributed by atoms with Gasteiger partial charge in [-0.3, -0.25) is 4.79 Å². The second-order valence-electron chi connectivity index (χ2n) is 4.37. The maximum atomic E-state index is 11.1. The summed E-state index contributed by atoms with van der Waals surface area (Å²) < 4.78 is 5.49. The lowest BCUT2D eigenvalue weighted by atomic mass is 10.1. The molecule has 0 aliphatic heterocycles. The summed E-state index contributed by atoms with van der Waals surface area (Å²) in [5.74, 6) is 2.09. The molecule has 0 radical (unpaired) electrons. The van der Waals surface area contributed by atoms with Crippen molar-refractivity contribution >= 4 is 5.78 Å². The molecule has 86 valence electrons. The van der Waals surface area contributed by atoms with Gasteiger partial charge in [0.25, 0.3) is 0 Å². The fourth-order valence-electron chi connectivity index (χ4n) is 2.15. The minimum atomic E-state index is 0.189. The summed E-state index contributed by atoms with van der Waals surface area (Å²) in [6.07, 6.45) is 3.18. The number of nitrogens with one attached hydrogen (secondary N) is 1. The summed E-state index contributed by atoms with van der Waals surface area (Å²) in [7, 11) is 0. The predicted octanol–water partition coefficient (Wildman–Crippen LogP) is 2.79. The standard InChI is InChI=1S/C13H17NO2/c1-8-6-13(10(3)16-8)9(2)14-11-4-5-12(15)7-11/h6-7,9,14H,4-5H2,1-3H3. The summed E-state index contributed by atoms with van der Waals surface area (Å²) in [6.45, 7) is 6.00. The zero-order valence-corrected chi connectivity index (χ0v) is 9.96. The molecular weight excluding hydrogens is 202 g/mol. The fraction of sp³-hybridized carbons (Fsp3) is 0.462. The van der Waals surface area contributed by atoms with Crippen molar-refractivity contribution < 1.29 is 9.21 Å². The highest BCUT2D eigenvalue weighted by atomic mass is 16.3. The van der Waals surface area contributed by atoms with Crippen LogP contribution in [0.4, 0.5) is 0 Å². The van der Waals surface area contributed by atoms with E-state index in [0.717, 1.165) is 29.2 Å². The van der Waals surface area contributed by atoms with E-state index in [2.05, 4.69) is 12.2 Å². The molecule has 2 rings (SSSR count). The number of carbonyl (C=O) groups is 1. The topological polar surface area (TPSA) is 42.2 Å². The molecule has 1 aromatic rings. The van der Waals surface area contributed by atoms with Crippen molar-refractivity contribution in [2.75, 3.05) is 0 Å². The van der Waals surface area contributed by atoms with E-state index >= 15 is 0 Å². The second-order valence-corrected chi connectivity index (χ2v) is 4.37. The smallest absolute Gasteiger partial charge is 0.157 e. The maximum absolute atomic E-state index is 11.1. The van der Waals surface area contributed by atoms with Crippen molar-refractivity contribution in [3.63, 3.8) is 0 Å². The van der Waals surface area contributed by atoms with Gasteiger partial charge in [0.1, 0.15) is 11.5 Å². The first-order valence-electron chi connectivity index (χ1n) is 5.63. The largest absolute Gasteiger partial charge is 0.466 e. The van der Waals surface area contributed by atoms with Gasteiger partial charge in [-0.05, 0) is 33.3 Å². The molecule has 0 amide bonds. The van der Waals surface area contributed by atoms with Crippen LogP contribution < -0.4 is 5.32 Å². The van der Waals surface area contributed by atoms with E-state index in [1.807, 2.05) is 19.9 Å². The SMILES string of the molecule is Cc1cc(C(C)NC2=CC(=O)CC2)c(C)o1. The molecule has 3 heteroatoms. The van der Waals surface area contributed by atoms with Crippen LogP contribution in [0.5, 0.6) is 0 Å². The van der Waals surface area contributed by atoms with Crippen LogP contribution in [0.15, 0.2) is 22.3 Å². The third-order valence-corrected chi connectivity index (χ3v) is 2.92. The first-order chi connectivity index (χ1) is 7.56. The zero-order valence-electron chi connectivity index (χ0n) is 9.96. The van der Waals surface area contributed by atoms with Gasteiger partial charge < -0.3 is 9.73 Å². The van der Waals surface area contributed by atoms with Crippen LogP contribution in [0, 0.1) is 13.8 Å². The van der Waals surface area contributed by atoms with Crippen LogP contribution in [0.2, 0.25) is 0 Å². The van der Waals surface area contributed by atoms with E-state index < -0.39 is 0 Å². The number of rotatable bonds is 3. The van der Waals surface area contributed by atoms with Crippen LogP contribution >= 0.6 is 0 Å². The number of hydrogen-bond acceptors (Lipinski definition) is 3. The molecule has 0 saturated carbocycles. The molecule has 1 N–H and O–H groups in total. The molecule has 0 saturated heterocycles. The van der Waals surface area contributed by atoms with Crippen LogP contribution in [-0.2, 0) is 4.79 Å². The second kappa shape index (κ2) is 4.16. The highest BCUT2D eigenvalue weighted by molar-refractivity contribution is 5.92.